The van der Waals surface area contributed by atoms with Crippen LogP contribution in [0.1, 0.15) is 0 Å². The standard InChI is InChI=1S/C10H5N2O/c1-2-4-9-7(3-1)8-5-6-13-12-10(8)11-9/h2-6H. The van der Waals surface area contributed by atoms with E-state index in [1.54, 1.807) is 6.26 Å². The fourth-order valence-corrected chi connectivity index (χ4v) is 1.44. The summed E-state index contributed by atoms with van der Waals surface area (Å²) in [6, 6.07) is 10.5. The maximum atomic E-state index is 4.80. The first kappa shape index (κ1) is 6.60. The molecule has 2 heterocycles. The van der Waals surface area contributed by atoms with E-state index in [0.717, 1.165) is 16.5 Å². The van der Waals surface area contributed by atoms with Crippen molar-refractivity contribution in [2.24, 2.45) is 0 Å². The Morgan fingerprint density at radius 2 is 2.31 bits per heavy atom. The highest BCUT2D eigenvalue weighted by atomic mass is 16.4. The number of benzene rings is 1. The highest BCUT2D eigenvalue weighted by Crippen LogP contribution is 2.27. The van der Waals surface area contributed by atoms with Crippen LogP contribution in [0.3, 0.4) is 0 Å². The average Bonchev–Trinajstić information content (AvgIpc) is 2.56. The Hall–Kier alpha value is -1.90. The van der Waals surface area contributed by atoms with E-state index in [4.69, 9.17) is 4.52 Å². The monoisotopic (exact) mass is 169 g/mol. The molecule has 1 aromatic carbocycles. The quantitative estimate of drug-likeness (QED) is 0.517. The van der Waals surface area contributed by atoms with E-state index in [1.807, 2.05) is 24.3 Å². The first-order valence-corrected chi connectivity index (χ1v) is 3.95. The van der Waals surface area contributed by atoms with Crippen molar-refractivity contribution in [1.82, 2.24) is 10.1 Å². The van der Waals surface area contributed by atoms with Gasteiger partial charge in [0.2, 0.25) is 5.82 Å². The van der Waals surface area contributed by atoms with Gasteiger partial charge in [-0.3, -0.25) is 0 Å². The molecule has 0 amide bonds. The summed E-state index contributed by atoms with van der Waals surface area (Å²) in [4.78, 5) is 4.29. The minimum absolute atomic E-state index is 0.650. The summed E-state index contributed by atoms with van der Waals surface area (Å²) >= 11 is 0. The van der Waals surface area contributed by atoms with Crippen LogP contribution >= 0.6 is 0 Å². The van der Waals surface area contributed by atoms with Gasteiger partial charge in [-0.1, -0.05) is 11.2 Å². The summed E-state index contributed by atoms with van der Waals surface area (Å²) in [7, 11) is 0. The molecule has 2 aliphatic heterocycles. The highest BCUT2D eigenvalue weighted by Gasteiger charge is 2.11. The van der Waals surface area contributed by atoms with Gasteiger partial charge in [-0.2, -0.15) is 0 Å². The zero-order chi connectivity index (χ0) is 8.67. The Labute approximate surface area is 74.3 Å². The molecular formula is C10H5N2O. The zero-order valence-electron chi connectivity index (χ0n) is 6.69. The Bertz CT molecular complexity index is 529. The fourth-order valence-electron chi connectivity index (χ4n) is 1.44. The molecule has 1 radical (unpaired) electrons. The lowest BCUT2D eigenvalue weighted by Gasteiger charge is -1.91. The summed E-state index contributed by atoms with van der Waals surface area (Å²) < 4.78 is 4.80. The van der Waals surface area contributed by atoms with Gasteiger partial charge in [0.05, 0.1) is 5.52 Å². The second-order valence-corrected chi connectivity index (χ2v) is 2.79. The van der Waals surface area contributed by atoms with Gasteiger partial charge in [-0.05, 0) is 24.3 Å². The second-order valence-electron chi connectivity index (χ2n) is 2.79. The number of fused-ring (bicyclic) bond motifs is 3. The lowest BCUT2D eigenvalue weighted by Crippen LogP contribution is -1.79. The van der Waals surface area contributed by atoms with Crippen LogP contribution in [-0.4, -0.2) is 10.1 Å². The Morgan fingerprint density at radius 3 is 3.31 bits per heavy atom. The van der Waals surface area contributed by atoms with Gasteiger partial charge in [0.15, 0.2) is 0 Å². The number of nitrogens with zero attached hydrogens (tertiary/aromatic N) is 2. The molecule has 0 unspecified atom stereocenters. The van der Waals surface area contributed by atoms with Crippen LogP contribution in [0, 0.1) is 6.07 Å². The van der Waals surface area contributed by atoms with Crippen molar-refractivity contribution in [2.75, 3.05) is 0 Å². The third-order valence-electron chi connectivity index (χ3n) is 2.03. The maximum absolute atomic E-state index is 4.80. The third-order valence-corrected chi connectivity index (χ3v) is 2.03. The van der Waals surface area contributed by atoms with Crippen LogP contribution in [0.4, 0.5) is 0 Å². The topological polar surface area (TPSA) is 38.9 Å². The Balaban J connectivity index is 2.56. The van der Waals surface area contributed by atoms with Crippen LogP contribution in [0.25, 0.3) is 22.3 Å². The van der Waals surface area contributed by atoms with E-state index in [2.05, 4.69) is 16.2 Å². The number of aromatic nitrogens is 2. The van der Waals surface area contributed by atoms with Crippen molar-refractivity contribution in [2.45, 2.75) is 0 Å². The molecule has 3 rings (SSSR count). The van der Waals surface area contributed by atoms with Crippen molar-refractivity contribution in [1.29, 1.82) is 0 Å². The molecule has 0 bridgehead atoms. The molecule has 61 valence electrons. The predicted octanol–water partition coefficient (Wildman–Crippen LogP) is 2.13. The Morgan fingerprint density at radius 1 is 1.31 bits per heavy atom. The first-order chi connectivity index (χ1) is 6.45. The molecule has 0 aromatic heterocycles. The molecule has 0 saturated heterocycles. The van der Waals surface area contributed by atoms with Crippen molar-refractivity contribution in [3.63, 3.8) is 0 Å². The van der Waals surface area contributed by atoms with Gasteiger partial charge in [-0.15, -0.1) is 0 Å². The Kier molecular flexibility index (Phi) is 1.16. The van der Waals surface area contributed by atoms with Gasteiger partial charge >= 0.3 is 0 Å². The van der Waals surface area contributed by atoms with Gasteiger partial charge in [0.25, 0.3) is 0 Å². The minimum Gasteiger partial charge on any atom is -0.363 e. The second kappa shape index (κ2) is 2.29. The summed E-state index contributed by atoms with van der Waals surface area (Å²) in [5, 5.41) is 4.89. The molecule has 13 heavy (non-hydrogen) atoms. The average molecular weight is 169 g/mol. The lowest BCUT2D eigenvalue weighted by atomic mass is 10.1. The molecule has 0 saturated carbocycles. The van der Waals surface area contributed by atoms with Gasteiger partial charge in [-0.25, -0.2) is 4.98 Å². The number of hydrogen-bond acceptors (Lipinski definition) is 3. The van der Waals surface area contributed by atoms with Gasteiger partial charge in [0, 0.05) is 10.9 Å². The van der Waals surface area contributed by atoms with E-state index >= 15 is 0 Å². The van der Waals surface area contributed by atoms with Crippen molar-refractivity contribution in [3.8, 4) is 11.4 Å². The number of hydrogen-bond donors (Lipinski definition) is 0. The normalized spacial score (nSPS) is 11.1. The molecule has 2 aliphatic rings. The minimum atomic E-state index is 0.650. The van der Waals surface area contributed by atoms with E-state index in [9.17, 15) is 0 Å². The number of rotatable bonds is 0. The first-order valence-electron chi connectivity index (χ1n) is 3.95. The van der Waals surface area contributed by atoms with Crippen LogP contribution in [-0.2, 0) is 0 Å². The van der Waals surface area contributed by atoms with E-state index in [1.165, 1.54) is 0 Å². The third kappa shape index (κ3) is 0.839. The van der Waals surface area contributed by atoms with E-state index in [-0.39, 0.29) is 0 Å². The van der Waals surface area contributed by atoms with Crippen LogP contribution in [0.5, 0.6) is 0 Å². The molecule has 0 spiro atoms. The molecule has 0 atom stereocenters. The van der Waals surface area contributed by atoms with Gasteiger partial charge in [0.1, 0.15) is 6.26 Å². The summed E-state index contributed by atoms with van der Waals surface area (Å²) in [5.74, 6) is 0.650. The smallest absolute Gasteiger partial charge is 0.200 e. The molecule has 3 heteroatoms. The van der Waals surface area contributed by atoms with Gasteiger partial charge < -0.3 is 4.52 Å². The largest absolute Gasteiger partial charge is 0.363 e. The molecule has 3 nitrogen and oxygen atoms in total. The van der Waals surface area contributed by atoms with Crippen LogP contribution < -0.4 is 0 Å². The summed E-state index contributed by atoms with van der Waals surface area (Å²) in [5.41, 5.74) is 1.95. The lowest BCUT2D eigenvalue weighted by molar-refractivity contribution is 0.401. The van der Waals surface area contributed by atoms with Crippen molar-refractivity contribution in [3.05, 3.63) is 36.6 Å². The van der Waals surface area contributed by atoms with Crippen LogP contribution in [0.2, 0.25) is 0 Å². The fraction of sp³-hybridized carbons (Fsp3) is 0. The molecule has 0 N–H and O–H groups in total. The molecule has 0 aliphatic carbocycles. The zero-order valence-corrected chi connectivity index (χ0v) is 6.69. The highest BCUT2D eigenvalue weighted by molar-refractivity contribution is 5.95. The summed E-state index contributed by atoms with van der Waals surface area (Å²) in [6.45, 7) is 0. The van der Waals surface area contributed by atoms with Crippen molar-refractivity contribution >= 4 is 10.9 Å². The maximum Gasteiger partial charge on any atom is 0.200 e. The van der Waals surface area contributed by atoms with Crippen molar-refractivity contribution < 1.29 is 4.52 Å². The summed E-state index contributed by atoms with van der Waals surface area (Å²) in [6.07, 6.45) is 1.55. The van der Waals surface area contributed by atoms with Crippen LogP contribution in [0.15, 0.2) is 35.1 Å². The predicted molar refractivity (Wildman–Crippen MR) is 47.3 cm³/mol. The molecular weight excluding hydrogens is 164 g/mol. The van der Waals surface area contributed by atoms with E-state index < -0.39 is 0 Å². The van der Waals surface area contributed by atoms with E-state index in [0.29, 0.717) is 5.82 Å². The molecule has 1 aromatic rings. The molecule has 0 fully saturated rings. The SMILES string of the molecule is [c]1ccc2nc3noccc-3c2c1.